The van der Waals surface area contributed by atoms with Crippen LogP contribution in [0, 0.1) is 28.1 Å². The highest BCUT2D eigenvalue weighted by molar-refractivity contribution is 5.18. The van der Waals surface area contributed by atoms with Gasteiger partial charge in [0.15, 0.2) is 0 Å². The summed E-state index contributed by atoms with van der Waals surface area (Å²) < 4.78 is 0. The van der Waals surface area contributed by atoms with E-state index < -0.39 is 0 Å². The highest BCUT2D eigenvalue weighted by atomic mass is 16.3. The van der Waals surface area contributed by atoms with Crippen molar-refractivity contribution in [2.45, 2.75) is 72.3 Å². The van der Waals surface area contributed by atoms with Crippen LogP contribution >= 0.6 is 0 Å². The lowest BCUT2D eigenvalue weighted by Crippen LogP contribution is -2.53. The molecule has 0 bridgehead atoms. The van der Waals surface area contributed by atoms with Crippen LogP contribution < -0.4 is 0 Å². The SMILES string of the molecule is C=C1CC[C@H]2[C@@](C)(CC[C@H]3C(C)(C)C=CC[C@@]32C)C[C@@H]1O. The molecule has 0 aromatic carbocycles. The largest absolute Gasteiger partial charge is 0.389 e. The second-order valence-corrected chi connectivity index (χ2v) is 9.15. The van der Waals surface area contributed by atoms with Gasteiger partial charge in [-0.2, -0.15) is 0 Å². The van der Waals surface area contributed by atoms with E-state index in [1.807, 2.05) is 0 Å². The highest BCUT2D eigenvalue weighted by Crippen LogP contribution is 2.65. The van der Waals surface area contributed by atoms with Gasteiger partial charge in [-0.1, -0.05) is 46.4 Å². The van der Waals surface area contributed by atoms with Crippen molar-refractivity contribution in [1.29, 1.82) is 0 Å². The summed E-state index contributed by atoms with van der Waals surface area (Å²) in [6.07, 6.45) is 11.5. The van der Waals surface area contributed by atoms with Crippen LogP contribution in [0.15, 0.2) is 24.3 Å². The molecule has 0 heterocycles. The number of rotatable bonds is 0. The molecule has 0 aromatic rings. The predicted molar refractivity (Wildman–Crippen MR) is 89.0 cm³/mol. The first kappa shape index (κ1) is 15.3. The quantitative estimate of drug-likeness (QED) is 0.614. The van der Waals surface area contributed by atoms with Crippen molar-refractivity contribution in [2.75, 3.05) is 0 Å². The van der Waals surface area contributed by atoms with Gasteiger partial charge in [0.1, 0.15) is 0 Å². The molecule has 5 atom stereocenters. The van der Waals surface area contributed by atoms with Gasteiger partial charge in [0, 0.05) is 0 Å². The third-order valence-corrected chi connectivity index (χ3v) is 7.33. The molecule has 0 aromatic heterocycles. The molecule has 0 aliphatic heterocycles. The average Bonchev–Trinajstić information content (AvgIpc) is 2.46. The molecule has 2 saturated carbocycles. The fourth-order valence-electron chi connectivity index (χ4n) is 6.26. The molecule has 2 fully saturated rings. The predicted octanol–water partition coefficient (Wildman–Crippen LogP) is 5.11. The van der Waals surface area contributed by atoms with Gasteiger partial charge in [-0.25, -0.2) is 0 Å². The Bertz CT molecular complexity index is 474. The number of aliphatic hydroxyl groups excluding tert-OH is 1. The second kappa shape index (κ2) is 4.72. The van der Waals surface area contributed by atoms with Crippen LogP contribution in [-0.4, -0.2) is 11.2 Å². The Balaban J connectivity index is 2.01. The fraction of sp³-hybridized carbons (Fsp3) is 0.800. The summed E-state index contributed by atoms with van der Waals surface area (Å²) >= 11 is 0. The van der Waals surface area contributed by atoms with Crippen molar-refractivity contribution < 1.29 is 5.11 Å². The van der Waals surface area contributed by atoms with E-state index in [0.29, 0.717) is 16.7 Å². The summed E-state index contributed by atoms with van der Waals surface area (Å²) in [5.41, 5.74) is 2.05. The molecule has 1 heteroatoms. The van der Waals surface area contributed by atoms with Gasteiger partial charge in [0.25, 0.3) is 0 Å². The van der Waals surface area contributed by atoms with E-state index in [1.54, 1.807) is 0 Å². The zero-order valence-electron chi connectivity index (χ0n) is 14.3. The summed E-state index contributed by atoms with van der Waals surface area (Å²) in [4.78, 5) is 0. The average molecular weight is 288 g/mol. The maximum Gasteiger partial charge on any atom is 0.0752 e. The lowest BCUT2D eigenvalue weighted by atomic mass is 9.44. The van der Waals surface area contributed by atoms with Gasteiger partial charge < -0.3 is 5.11 Å². The van der Waals surface area contributed by atoms with Gasteiger partial charge in [-0.3, -0.25) is 0 Å². The maximum atomic E-state index is 10.4. The number of hydrogen-bond donors (Lipinski definition) is 1. The Morgan fingerprint density at radius 1 is 1.14 bits per heavy atom. The molecule has 21 heavy (non-hydrogen) atoms. The van der Waals surface area contributed by atoms with Crippen molar-refractivity contribution in [3.63, 3.8) is 0 Å². The summed E-state index contributed by atoms with van der Waals surface area (Å²) in [6.45, 7) is 13.9. The second-order valence-electron chi connectivity index (χ2n) is 9.15. The molecule has 1 nitrogen and oxygen atoms in total. The van der Waals surface area contributed by atoms with Gasteiger partial charge in [0.05, 0.1) is 6.10 Å². The normalized spacial score (nSPS) is 49.2. The molecule has 3 aliphatic rings. The van der Waals surface area contributed by atoms with Gasteiger partial charge in [-0.05, 0) is 72.2 Å². The van der Waals surface area contributed by atoms with Crippen molar-refractivity contribution in [2.24, 2.45) is 28.1 Å². The standard InChI is InChI=1S/C20H32O/c1-14-7-8-17-19(4,13-15(14)21)12-9-16-18(2,3)10-6-11-20(16,17)5/h6,10,15-17,21H,1,7-9,11-13H2,2-5H3/t15-,16-,17-,19-,20-/m0/s1. The molecule has 3 aliphatic carbocycles. The smallest absolute Gasteiger partial charge is 0.0752 e. The van der Waals surface area contributed by atoms with Crippen molar-refractivity contribution >= 4 is 0 Å². The van der Waals surface area contributed by atoms with Crippen molar-refractivity contribution in [3.05, 3.63) is 24.3 Å². The molecule has 0 amide bonds. The number of hydrogen-bond acceptors (Lipinski definition) is 1. The van der Waals surface area contributed by atoms with E-state index in [4.69, 9.17) is 0 Å². The van der Waals surface area contributed by atoms with E-state index in [9.17, 15) is 5.11 Å². The first-order chi connectivity index (χ1) is 9.69. The van der Waals surface area contributed by atoms with Gasteiger partial charge >= 0.3 is 0 Å². The molecular weight excluding hydrogens is 256 g/mol. The summed E-state index contributed by atoms with van der Waals surface area (Å²) in [7, 11) is 0. The highest BCUT2D eigenvalue weighted by Gasteiger charge is 2.57. The van der Waals surface area contributed by atoms with E-state index in [-0.39, 0.29) is 11.5 Å². The number of aliphatic hydroxyl groups is 1. The Kier molecular flexibility index (Phi) is 3.44. The van der Waals surface area contributed by atoms with Crippen LogP contribution in [0.5, 0.6) is 0 Å². The van der Waals surface area contributed by atoms with E-state index >= 15 is 0 Å². The third-order valence-electron chi connectivity index (χ3n) is 7.33. The molecule has 118 valence electrons. The van der Waals surface area contributed by atoms with E-state index in [2.05, 4.69) is 46.4 Å². The topological polar surface area (TPSA) is 20.2 Å². The molecule has 0 spiro atoms. The molecule has 0 saturated heterocycles. The summed E-state index contributed by atoms with van der Waals surface area (Å²) in [5, 5.41) is 10.4. The molecule has 0 unspecified atom stereocenters. The van der Waals surface area contributed by atoms with Gasteiger partial charge in [-0.15, -0.1) is 0 Å². The number of fused-ring (bicyclic) bond motifs is 3. The maximum absolute atomic E-state index is 10.4. The first-order valence-corrected chi connectivity index (χ1v) is 8.72. The van der Waals surface area contributed by atoms with Crippen LogP contribution in [0.4, 0.5) is 0 Å². The van der Waals surface area contributed by atoms with Crippen LogP contribution in [-0.2, 0) is 0 Å². The Morgan fingerprint density at radius 2 is 1.86 bits per heavy atom. The Morgan fingerprint density at radius 3 is 2.57 bits per heavy atom. The zero-order chi connectivity index (χ0) is 15.5. The molecular formula is C20H32O. The fourth-order valence-corrected chi connectivity index (χ4v) is 6.26. The zero-order valence-corrected chi connectivity index (χ0v) is 14.3. The third kappa shape index (κ3) is 2.23. The van der Waals surface area contributed by atoms with Gasteiger partial charge in [0.2, 0.25) is 0 Å². The van der Waals surface area contributed by atoms with Crippen molar-refractivity contribution in [3.8, 4) is 0 Å². The van der Waals surface area contributed by atoms with E-state index in [1.165, 1.54) is 25.7 Å². The van der Waals surface area contributed by atoms with Crippen LogP contribution in [0.3, 0.4) is 0 Å². The van der Waals surface area contributed by atoms with Crippen molar-refractivity contribution in [1.82, 2.24) is 0 Å². The van der Waals surface area contributed by atoms with Crippen LogP contribution in [0.25, 0.3) is 0 Å². The van der Waals surface area contributed by atoms with E-state index in [0.717, 1.165) is 24.3 Å². The monoisotopic (exact) mass is 288 g/mol. The summed E-state index contributed by atoms with van der Waals surface area (Å²) in [6, 6.07) is 0. The van der Waals surface area contributed by atoms with Crippen LogP contribution in [0.1, 0.15) is 66.2 Å². The lowest BCUT2D eigenvalue weighted by molar-refractivity contribution is -0.103. The molecule has 3 rings (SSSR count). The molecule has 0 radical (unpaired) electrons. The minimum Gasteiger partial charge on any atom is -0.389 e. The first-order valence-electron chi connectivity index (χ1n) is 8.72. The summed E-state index contributed by atoms with van der Waals surface area (Å²) in [5.74, 6) is 1.48. The minimum atomic E-state index is -0.285. The Hall–Kier alpha value is -0.560. The minimum absolute atomic E-state index is 0.283. The lowest BCUT2D eigenvalue weighted by Gasteiger charge is -2.61. The number of allylic oxidation sites excluding steroid dienone is 2. The molecule has 1 N–H and O–H groups in total. The van der Waals surface area contributed by atoms with Crippen LogP contribution in [0.2, 0.25) is 0 Å². The Labute approximate surface area is 130 Å².